The molecule has 3 fully saturated rings. The molecule has 20 heavy (non-hydrogen) atoms. The molecule has 1 N–H and O–H groups in total. The summed E-state index contributed by atoms with van der Waals surface area (Å²) in [6.45, 7) is 8.03. The van der Waals surface area contributed by atoms with Gasteiger partial charge in [0.2, 0.25) is 0 Å². The van der Waals surface area contributed by atoms with Gasteiger partial charge in [0, 0.05) is 15.8 Å². The fourth-order valence-corrected chi connectivity index (χ4v) is 6.68. The van der Waals surface area contributed by atoms with E-state index in [1.807, 2.05) is 11.3 Å². The van der Waals surface area contributed by atoms with E-state index >= 15 is 0 Å². The van der Waals surface area contributed by atoms with Gasteiger partial charge in [-0.25, -0.2) is 0 Å². The highest BCUT2D eigenvalue weighted by Crippen LogP contribution is 2.72. The summed E-state index contributed by atoms with van der Waals surface area (Å²) >= 11 is 2.04. The summed E-state index contributed by atoms with van der Waals surface area (Å²) in [5.74, 6) is 5.28. The standard InChI is InChI=1S/C18H27NS/c1-4-7-19-17(18-10(2)8-11(3)20-18)16-14-12-5-6-13(9-12)15(14)16/h8,12-17,19H,4-7,9H2,1-3H3. The zero-order chi connectivity index (χ0) is 13.9. The number of fused-ring (bicyclic) bond motifs is 5. The van der Waals surface area contributed by atoms with Crippen molar-refractivity contribution in [3.63, 3.8) is 0 Å². The summed E-state index contributed by atoms with van der Waals surface area (Å²) in [5, 5.41) is 3.91. The van der Waals surface area contributed by atoms with Gasteiger partial charge in [0.15, 0.2) is 0 Å². The molecule has 3 saturated carbocycles. The zero-order valence-corrected chi connectivity index (χ0v) is 13.8. The van der Waals surface area contributed by atoms with Crippen LogP contribution in [-0.4, -0.2) is 6.54 Å². The van der Waals surface area contributed by atoms with Gasteiger partial charge >= 0.3 is 0 Å². The van der Waals surface area contributed by atoms with Crippen molar-refractivity contribution in [3.8, 4) is 0 Å². The molecule has 3 aliphatic rings. The Balaban J connectivity index is 1.59. The highest BCUT2D eigenvalue weighted by Gasteiger charge is 2.66. The average molecular weight is 289 g/mol. The quantitative estimate of drug-likeness (QED) is 0.828. The molecule has 0 aliphatic heterocycles. The lowest BCUT2D eigenvalue weighted by atomic mass is 9.95. The van der Waals surface area contributed by atoms with E-state index in [1.54, 1.807) is 11.3 Å². The van der Waals surface area contributed by atoms with Crippen LogP contribution < -0.4 is 5.32 Å². The number of aryl methyl sites for hydroxylation is 2. The SMILES string of the molecule is CCCNC(c1sc(C)cc1C)C1C2C3CCC(C3)C21. The minimum atomic E-state index is 0.659. The molecule has 0 amide bonds. The number of hydrogen-bond acceptors (Lipinski definition) is 2. The van der Waals surface area contributed by atoms with Crippen molar-refractivity contribution in [3.05, 3.63) is 21.4 Å². The molecule has 1 aromatic rings. The Morgan fingerprint density at radius 1 is 1.25 bits per heavy atom. The Hall–Kier alpha value is -0.340. The predicted octanol–water partition coefficient (Wildman–Crippen LogP) is 4.70. The molecule has 1 aromatic heterocycles. The Morgan fingerprint density at radius 2 is 1.95 bits per heavy atom. The Labute approximate surface area is 127 Å². The third-order valence-electron chi connectivity index (χ3n) is 6.16. The van der Waals surface area contributed by atoms with Crippen molar-refractivity contribution < 1.29 is 0 Å². The van der Waals surface area contributed by atoms with Crippen LogP contribution in [0.1, 0.15) is 54.0 Å². The first kappa shape index (κ1) is 13.3. The number of rotatable bonds is 5. The van der Waals surface area contributed by atoms with Crippen molar-refractivity contribution in [1.82, 2.24) is 5.32 Å². The van der Waals surface area contributed by atoms with Crippen LogP contribution in [0.4, 0.5) is 0 Å². The summed E-state index contributed by atoms with van der Waals surface area (Å²) < 4.78 is 0. The molecule has 0 saturated heterocycles. The minimum Gasteiger partial charge on any atom is -0.309 e. The summed E-state index contributed by atoms with van der Waals surface area (Å²) in [5.41, 5.74) is 1.53. The highest BCUT2D eigenvalue weighted by molar-refractivity contribution is 7.12. The van der Waals surface area contributed by atoms with Crippen LogP contribution in [0.5, 0.6) is 0 Å². The van der Waals surface area contributed by atoms with Crippen molar-refractivity contribution in [2.24, 2.45) is 29.6 Å². The minimum absolute atomic E-state index is 0.659. The van der Waals surface area contributed by atoms with Gasteiger partial charge in [0.05, 0.1) is 0 Å². The Kier molecular flexibility index (Phi) is 3.23. The molecule has 0 aromatic carbocycles. The molecular weight excluding hydrogens is 262 g/mol. The lowest BCUT2D eigenvalue weighted by Crippen LogP contribution is -2.26. The van der Waals surface area contributed by atoms with Gasteiger partial charge in [-0.3, -0.25) is 0 Å². The van der Waals surface area contributed by atoms with E-state index in [1.165, 1.54) is 36.2 Å². The van der Waals surface area contributed by atoms with E-state index in [0.29, 0.717) is 6.04 Å². The van der Waals surface area contributed by atoms with E-state index in [0.717, 1.165) is 29.6 Å². The second-order valence-electron chi connectivity index (χ2n) is 7.40. The third-order valence-corrected chi connectivity index (χ3v) is 7.39. The largest absolute Gasteiger partial charge is 0.309 e. The van der Waals surface area contributed by atoms with E-state index in [-0.39, 0.29) is 0 Å². The maximum absolute atomic E-state index is 3.91. The fraction of sp³-hybridized carbons (Fsp3) is 0.778. The van der Waals surface area contributed by atoms with E-state index in [4.69, 9.17) is 0 Å². The molecule has 5 unspecified atom stereocenters. The second-order valence-corrected chi connectivity index (χ2v) is 8.69. The molecule has 1 nitrogen and oxygen atoms in total. The first-order valence-corrected chi connectivity index (χ1v) is 9.32. The fourth-order valence-electron chi connectivity index (χ4n) is 5.51. The second kappa shape index (κ2) is 4.84. The molecule has 3 aliphatic carbocycles. The Bertz CT molecular complexity index is 490. The summed E-state index contributed by atoms with van der Waals surface area (Å²) in [4.78, 5) is 3.13. The van der Waals surface area contributed by atoms with Gasteiger partial charge in [0.25, 0.3) is 0 Å². The maximum Gasteiger partial charge on any atom is 0.0451 e. The van der Waals surface area contributed by atoms with E-state index in [9.17, 15) is 0 Å². The van der Waals surface area contributed by atoms with Gasteiger partial charge in [0.1, 0.15) is 0 Å². The van der Waals surface area contributed by atoms with E-state index < -0.39 is 0 Å². The van der Waals surface area contributed by atoms with Crippen LogP contribution in [0.3, 0.4) is 0 Å². The molecule has 110 valence electrons. The monoisotopic (exact) mass is 289 g/mol. The van der Waals surface area contributed by atoms with Crippen molar-refractivity contribution in [2.45, 2.75) is 52.5 Å². The van der Waals surface area contributed by atoms with Crippen LogP contribution in [0.25, 0.3) is 0 Å². The smallest absolute Gasteiger partial charge is 0.0451 e. The summed E-state index contributed by atoms with van der Waals surface area (Å²) in [6.07, 6.45) is 5.88. The molecule has 2 bridgehead atoms. The van der Waals surface area contributed by atoms with Gasteiger partial charge in [-0.05, 0) is 87.3 Å². The van der Waals surface area contributed by atoms with Crippen LogP contribution in [0.2, 0.25) is 0 Å². The number of nitrogens with one attached hydrogen (secondary N) is 1. The predicted molar refractivity (Wildman–Crippen MR) is 86.1 cm³/mol. The molecule has 0 spiro atoms. The summed E-state index contributed by atoms with van der Waals surface area (Å²) in [7, 11) is 0. The van der Waals surface area contributed by atoms with Gasteiger partial charge in [-0.15, -0.1) is 11.3 Å². The molecule has 5 atom stereocenters. The third kappa shape index (κ3) is 1.91. The van der Waals surface area contributed by atoms with Crippen molar-refractivity contribution in [1.29, 1.82) is 0 Å². The normalized spacial score (nSPS) is 39.0. The maximum atomic E-state index is 3.91. The van der Waals surface area contributed by atoms with Crippen molar-refractivity contribution >= 4 is 11.3 Å². The number of hydrogen-bond donors (Lipinski definition) is 1. The van der Waals surface area contributed by atoms with Crippen LogP contribution in [0.15, 0.2) is 6.07 Å². The van der Waals surface area contributed by atoms with Gasteiger partial charge < -0.3 is 5.32 Å². The van der Waals surface area contributed by atoms with Gasteiger partial charge in [-0.1, -0.05) is 6.92 Å². The van der Waals surface area contributed by atoms with E-state index in [2.05, 4.69) is 32.2 Å². The van der Waals surface area contributed by atoms with Crippen LogP contribution in [0, 0.1) is 43.4 Å². The van der Waals surface area contributed by atoms with Crippen LogP contribution in [-0.2, 0) is 0 Å². The first-order chi connectivity index (χ1) is 9.70. The lowest BCUT2D eigenvalue weighted by molar-refractivity contribution is 0.373. The molecule has 1 heterocycles. The Morgan fingerprint density at radius 3 is 2.50 bits per heavy atom. The van der Waals surface area contributed by atoms with Gasteiger partial charge in [-0.2, -0.15) is 0 Å². The molecule has 2 heteroatoms. The zero-order valence-electron chi connectivity index (χ0n) is 13.0. The topological polar surface area (TPSA) is 12.0 Å². The van der Waals surface area contributed by atoms with Crippen molar-refractivity contribution in [2.75, 3.05) is 6.54 Å². The average Bonchev–Trinajstić information content (AvgIpc) is 2.73. The molecular formula is C18H27NS. The number of thiophene rings is 1. The molecule has 0 radical (unpaired) electrons. The van der Waals surface area contributed by atoms with Crippen LogP contribution >= 0.6 is 11.3 Å². The first-order valence-electron chi connectivity index (χ1n) is 8.51. The summed E-state index contributed by atoms with van der Waals surface area (Å²) in [6, 6.07) is 3.04. The lowest BCUT2D eigenvalue weighted by Gasteiger charge is -2.22. The molecule has 4 rings (SSSR count). The highest BCUT2D eigenvalue weighted by atomic mass is 32.1.